The summed E-state index contributed by atoms with van der Waals surface area (Å²) >= 11 is 0. The minimum Gasteiger partial charge on any atom is -0.295 e. The zero-order valence-electron chi connectivity index (χ0n) is 14.9. The van der Waals surface area contributed by atoms with Crippen LogP contribution < -0.4 is 0 Å². The zero-order chi connectivity index (χ0) is 17.9. The number of hydrogen-bond acceptors (Lipinski definition) is 3. The number of rotatable bonds is 5. The van der Waals surface area contributed by atoms with Gasteiger partial charge in [0.25, 0.3) is 10.2 Å². The second-order valence-electron chi connectivity index (χ2n) is 6.91. The normalized spacial score (nSPS) is 21.4. The second-order valence-corrected chi connectivity index (χ2v) is 9.05. The Labute approximate surface area is 145 Å². The molecule has 1 saturated heterocycles. The average Bonchev–Trinajstić information content (AvgIpc) is 2.72. The van der Waals surface area contributed by atoms with Gasteiger partial charge in [-0.15, -0.1) is 0 Å². The van der Waals surface area contributed by atoms with Crippen LogP contribution in [-0.2, 0) is 16.8 Å². The van der Waals surface area contributed by atoms with Crippen LogP contribution in [0.1, 0.15) is 25.8 Å². The summed E-state index contributed by atoms with van der Waals surface area (Å²) in [5.74, 6) is 0.0849. The van der Waals surface area contributed by atoms with Crippen molar-refractivity contribution >= 4 is 10.2 Å². The third kappa shape index (κ3) is 4.53. The van der Waals surface area contributed by atoms with Gasteiger partial charge in [-0.05, 0) is 30.0 Å². The van der Waals surface area contributed by atoms with Gasteiger partial charge in [-0.25, -0.2) is 4.39 Å². The fourth-order valence-corrected chi connectivity index (χ4v) is 4.29. The Hall–Kier alpha value is -1.02. The van der Waals surface area contributed by atoms with Gasteiger partial charge in [-0.2, -0.15) is 17.0 Å². The van der Waals surface area contributed by atoms with Gasteiger partial charge in [0.15, 0.2) is 0 Å². The highest BCUT2D eigenvalue weighted by Crippen LogP contribution is 2.22. The van der Waals surface area contributed by atoms with Crippen LogP contribution in [0.25, 0.3) is 0 Å². The predicted octanol–water partition coefficient (Wildman–Crippen LogP) is 2.16. The van der Waals surface area contributed by atoms with Crippen LogP contribution in [0.15, 0.2) is 24.3 Å². The molecule has 0 saturated carbocycles. The first-order valence-corrected chi connectivity index (χ1v) is 9.77. The van der Waals surface area contributed by atoms with Gasteiger partial charge in [-0.1, -0.05) is 26.0 Å². The van der Waals surface area contributed by atoms with Crippen molar-refractivity contribution in [3.8, 4) is 0 Å². The molecule has 2 rings (SSSR count). The van der Waals surface area contributed by atoms with Gasteiger partial charge in [0.2, 0.25) is 0 Å². The molecule has 1 fully saturated rings. The van der Waals surface area contributed by atoms with Gasteiger partial charge in [0, 0.05) is 46.3 Å². The summed E-state index contributed by atoms with van der Waals surface area (Å²) in [6.07, 6.45) is 0.789. The molecule has 0 unspecified atom stereocenters. The van der Waals surface area contributed by atoms with Crippen LogP contribution in [0.2, 0.25) is 0 Å². The molecule has 0 aromatic heterocycles. The average molecular weight is 357 g/mol. The molecule has 24 heavy (non-hydrogen) atoms. The Kier molecular flexibility index (Phi) is 6.36. The smallest absolute Gasteiger partial charge is 0.281 e. The Bertz CT molecular complexity index is 632. The summed E-state index contributed by atoms with van der Waals surface area (Å²) in [4.78, 5) is 2.32. The van der Waals surface area contributed by atoms with Crippen LogP contribution in [0.3, 0.4) is 0 Å². The van der Waals surface area contributed by atoms with Crippen LogP contribution >= 0.6 is 0 Å². The second kappa shape index (κ2) is 7.91. The molecule has 0 spiro atoms. The number of hydrogen-bond donors (Lipinski definition) is 0. The van der Waals surface area contributed by atoms with E-state index in [9.17, 15) is 12.8 Å². The fourth-order valence-electron chi connectivity index (χ4n) is 3.12. The first kappa shape index (κ1) is 19.3. The monoisotopic (exact) mass is 357 g/mol. The fraction of sp³-hybridized carbons (Fsp3) is 0.647. The van der Waals surface area contributed by atoms with Gasteiger partial charge in [-0.3, -0.25) is 4.90 Å². The maximum absolute atomic E-state index is 13.1. The van der Waals surface area contributed by atoms with Crippen molar-refractivity contribution in [1.29, 1.82) is 0 Å². The van der Waals surface area contributed by atoms with E-state index < -0.39 is 10.2 Å². The number of nitrogens with zero attached hydrogens (tertiary/aromatic N) is 3. The Morgan fingerprint density at radius 2 is 1.83 bits per heavy atom. The quantitative estimate of drug-likeness (QED) is 0.811. The molecule has 1 aliphatic heterocycles. The highest BCUT2D eigenvalue weighted by Gasteiger charge is 2.33. The SMILES string of the molecule is CC(C)[C@@H]1CN(S(=O)(=O)N(C)C)CCCN1Cc1ccc(F)cc1. The van der Waals surface area contributed by atoms with Crippen LogP contribution in [0, 0.1) is 11.7 Å². The molecule has 1 heterocycles. The Balaban J connectivity index is 2.19. The first-order valence-electron chi connectivity index (χ1n) is 8.38. The molecule has 136 valence electrons. The third-order valence-electron chi connectivity index (χ3n) is 4.57. The van der Waals surface area contributed by atoms with Gasteiger partial charge < -0.3 is 0 Å². The minimum atomic E-state index is -3.40. The molecule has 0 N–H and O–H groups in total. The van der Waals surface area contributed by atoms with Gasteiger partial charge >= 0.3 is 0 Å². The topological polar surface area (TPSA) is 43.9 Å². The Morgan fingerprint density at radius 1 is 1.21 bits per heavy atom. The van der Waals surface area contributed by atoms with Crippen LogP contribution in [0.5, 0.6) is 0 Å². The van der Waals surface area contributed by atoms with Crippen molar-refractivity contribution in [3.63, 3.8) is 0 Å². The summed E-state index contributed by atoms with van der Waals surface area (Å²) in [7, 11) is -0.261. The third-order valence-corrected chi connectivity index (χ3v) is 6.48. The maximum atomic E-state index is 13.1. The van der Waals surface area contributed by atoms with Crippen molar-refractivity contribution in [1.82, 2.24) is 13.5 Å². The van der Waals surface area contributed by atoms with E-state index in [2.05, 4.69) is 18.7 Å². The summed E-state index contributed by atoms with van der Waals surface area (Å²) in [6.45, 7) is 6.80. The summed E-state index contributed by atoms with van der Waals surface area (Å²) in [6, 6.07) is 6.67. The summed E-state index contributed by atoms with van der Waals surface area (Å²) in [5.41, 5.74) is 1.05. The lowest BCUT2D eigenvalue weighted by atomic mass is 10.0. The summed E-state index contributed by atoms with van der Waals surface area (Å²) < 4.78 is 41.0. The van der Waals surface area contributed by atoms with Crippen molar-refractivity contribution in [2.45, 2.75) is 32.9 Å². The van der Waals surface area contributed by atoms with Crippen molar-refractivity contribution in [2.24, 2.45) is 5.92 Å². The zero-order valence-corrected chi connectivity index (χ0v) is 15.8. The largest absolute Gasteiger partial charge is 0.295 e. The number of benzene rings is 1. The maximum Gasteiger partial charge on any atom is 0.281 e. The van der Waals surface area contributed by atoms with E-state index in [1.165, 1.54) is 16.4 Å². The van der Waals surface area contributed by atoms with Crippen molar-refractivity contribution < 1.29 is 12.8 Å². The molecule has 0 aliphatic carbocycles. The molecule has 7 heteroatoms. The van der Waals surface area contributed by atoms with E-state index in [0.717, 1.165) is 18.5 Å². The van der Waals surface area contributed by atoms with E-state index >= 15 is 0 Å². The number of halogens is 1. The molecule has 0 amide bonds. The van der Waals surface area contributed by atoms with Crippen molar-refractivity contribution in [2.75, 3.05) is 33.7 Å². The van der Waals surface area contributed by atoms with Gasteiger partial charge in [0.05, 0.1) is 0 Å². The lowest BCUT2D eigenvalue weighted by Crippen LogP contribution is -2.48. The Morgan fingerprint density at radius 3 is 2.38 bits per heavy atom. The minimum absolute atomic E-state index is 0.132. The standard InChI is InChI=1S/C17H28FN3O2S/c1-14(2)17-13-21(24(22,23)19(3)4)11-5-10-20(17)12-15-6-8-16(18)9-7-15/h6-9,14,17H,5,10-13H2,1-4H3/t17-/m0/s1. The van der Waals surface area contributed by atoms with Crippen LogP contribution in [-0.4, -0.2) is 61.7 Å². The predicted molar refractivity (Wildman–Crippen MR) is 94.2 cm³/mol. The molecular formula is C17H28FN3O2S. The highest BCUT2D eigenvalue weighted by molar-refractivity contribution is 7.86. The van der Waals surface area contributed by atoms with E-state index in [-0.39, 0.29) is 11.9 Å². The molecular weight excluding hydrogens is 329 g/mol. The molecule has 5 nitrogen and oxygen atoms in total. The van der Waals surface area contributed by atoms with E-state index in [1.807, 2.05) is 0 Å². The lowest BCUT2D eigenvalue weighted by Gasteiger charge is -2.34. The molecule has 1 aromatic rings. The lowest BCUT2D eigenvalue weighted by molar-refractivity contribution is 0.148. The highest BCUT2D eigenvalue weighted by atomic mass is 32.2. The molecule has 1 aromatic carbocycles. The molecule has 0 bridgehead atoms. The van der Waals surface area contributed by atoms with Gasteiger partial charge in [0.1, 0.15) is 5.82 Å². The molecule has 1 aliphatic rings. The molecule has 0 radical (unpaired) electrons. The molecule has 1 atom stereocenters. The van der Waals surface area contributed by atoms with E-state index in [1.54, 1.807) is 30.5 Å². The first-order chi connectivity index (χ1) is 11.2. The van der Waals surface area contributed by atoms with Crippen molar-refractivity contribution in [3.05, 3.63) is 35.6 Å². The van der Waals surface area contributed by atoms with Crippen LogP contribution in [0.4, 0.5) is 4.39 Å². The summed E-state index contributed by atoms with van der Waals surface area (Å²) in [5, 5.41) is 0. The van der Waals surface area contributed by atoms with E-state index in [4.69, 9.17) is 0 Å². The van der Waals surface area contributed by atoms with E-state index in [0.29, 0.717) is 25.6 Å².